The molecule has 0 radical (unpaired) electrons. The molecule has 0 aromatic rings. The number of hydrogen-bond donors (Lipinski definition) is 0. The minimum Gasteiger partial charge on any atom is -0.228 e. The lowest BCUT2D eigenvalue weighted by molar-refractivity contribution is 0.365. The first kappa shape index (κ1) is 12.7. The fourth-order valence-electron chi connectivity index (χ4n) is 0.240. The maximum atomic E-state index is 12.2. The molecule has 0 N–H and O–H groups in total. The van der Waals surface area contributed by atoms with Gasteiger partial charge in [0.05, 0.1) is 0 Å². The van der Waals surface area contributed by atoms with Crippen LogP contribution in [0.25, 0.3) is 0 Å². The molecule has 0 rings (SSSR count). The van der Waals surface area contributed by atoms with Crippen LogP contribution in [0.1, 0.15) is 13.8 Å². The molecule has 0 aromatic carbocycles. The third-order valence-electron chi connectivity index (χ3n) is 0.985. The van der Waals surface area contributed by atoms with Crippen molar-refractivity contribution in [3.8, 4) is 0 Å². The van der Waals surface area contributed by atoms with Crippen LogP contribution in [-0.4, -0.2) is 27.8 Å². The highest BCUT2D eigenvalue weighted by Gasteiger charge is 2.32. The number of rotatable bonds is 4. The minimum absolute atomic E-state index is 0.563. The van der Waals surface area contributed by atoms with Crippen LogP contribution in [0.2, 0.25) is 0 Å². The molecule has 0 bridgehead atoms. The molecule has 5 nitrogen and oxygen atoms in total. The molecule has 0 aliphatic rings. The summed E-state index contributed by atoms with van der Waals surface area (Å²) < 4.78 is 69.7. The summed E-state index contributed by atoms with van der Waals surface area (Å²) in [6.45, 7) is 1.13. The van der Waals surface area contributed by atoms with E-state index < -0.39 is 31.2 Å². The Bertz CT molecular complexity index is 318. The first-order valence-corrected chi connectivity index (χ1v) is 6.01. The Morgan fingerprint density at radius 3 is 1.31 bits per heavy atom. The molecule has 9 heteroatoms. The van der Waals surface area contributed by atoms with Crippen LogP contribution < -0.4 is 0 Å². The molecule has 13 heavy (non-hydrogen) atoms. The normalized spacial score (nSPS) is 18.2. The second-order valence-electron chi connectivity index (χ2n) is 2.14. The number of halogens is 2. The van der Waals surface area contributed by atoms with Gasteiger partial charge in [-0.25, -0.2) is 8.78 Å². The smallest absolute Gasteiger partial charge is 0.228 e. The summed E-state index contributed by atoms with van der Waals surface area (Å²) in [6.07, 6.45) is 0. The van der Waals surface area contributed by atoms with Crippen molar-refractivity contribution in [2.24, 2.45) is 0 Å². The van der Waals surface area contributed by atoms with Crippen molar-refractivity contribution in [1.29, 1.82) is 0 Å². The average molecular weight is 238 g/mol. The predicted molar refractivity (Wildman–Crippen MR) is 40.1 cm³/mol. The van der Waals surface area contributed by atoms with Gasteiger partial charge in [-0.1, -0.05) is 0 Å². The van der Waals surface area contributed by atoms with Gasteiger partial charge in [-0.05, 0) is 13.8 Å². The fraction of sp³-hybridized carbons (Fsp3) is 1.00. The first-order chi connectivity index (χ1) is 5.59. The van der Waals surface area contributed by atoms with Crippen molar-refractivity contribution in [3.63, 3.8) is 0 Å². The largest absolute Gasteiger partial charge is 0.314 e. The maximum absolute atomic E-state index is 12.2. The fourth-order valence-corrected chi connectivity index (χ4v) is 2.16. The molecule has 0 saturated carbocycles. The highest BCUT2D eigenvalue weighted by atomic mass is 32.3. The SMILES string of the molecule is CC(F)S(=O)(=O)OS(=O)(=O)C(C)F. The Hall–Kier alpha value is -0.280. The monoisotopic (exact) mass is 238 g/mol. The molecule has 2 atom stereocenters. The van der Waals surface area contributed by atoms with E-state index in [-0.39, 0.29) is 0 Å². The van der Waals surface area contributed by atoms with Gasteiger partial charge in [0.1, 0.15) is 0 Å². The molecule has 0 aliphatic carbocycles. The summed E-state index contributed by atoms with van der Waals surface area (Å²) in [6, 6.07) is 0. The first-order valence-electron chi connectivity index (χ1n) is 3.06. The lowest BCUT2D eigenvalue weighted by atomic mass is 10.9. The van der Waals surface area contributed by atoms with E-state index >= 15 is 0 Å². The topological polar surface area (TPSA) is 77.5 Å². The summed E-state index contributed by atoms with van der Waals surface area (Å²) in [5.74, 6) is 0. The third-order valence-corrected chi connectivity index (χ3v) is 4.09. The van der Waals surface area contributed by atoms with E-state index in [1.54, 1.807) is 0 Å². The zero-order valence-electron chi connectivity index (χ0n) is 6.77. The second-order valence-corrected chi connectivity index (χ2v) is 5.95. The maximum Gasteiger partial charge on any atom is 0.314 e. The molecular formula is C4H8F2O5S2. The zero-order chi connectivity index (χ0) is 10.9. The van der Waals surface area contributed by atoms with Gasteiger partial charge in [0, 0.05) is 0 Å². The van der Waals surface area contributed by atoms with Gasteiger partial charge in [-0.3, -0.25) is 0 Å². The van der Waals surface area contributed by atoms with Crippen molar-refractivity contribution in [2.45, 2.75) is 24.9 Å². The quantitative estimate of drug-likeness (QED) is 0.703. The summed E-state index contributed by atoms with van der Waals surface area (Å²) in [5.41, 5.74) is -5.05. The lowest BCUT2D eigenvalue weighted by Crippen LogP contribution is -2.24. The van der Waals surface area contributed by atoms with Crippen molar-refractivity contribution < 1.29 is 29.2 Å². The average Bonchev–Trinajstić information content (AvgIpc) is 1.83. The van der Waals surface area contributed by atoms with E-state index in [1.165, 1.54) is 0 Å². The Morgan fingerprint density at radius 1 is 0.923 bits per heavy atom. The molecule has 0 heterocycles. The molecule has 0 amide bonds. The van der Waals surface area contributed by atoms with Crippen LogP contribution in [0.3, 0.4) is 0 Å². The second kappa shape index (κ2) is 3.84. The van der Waals surface area contributed by atoms with E-state index in [4.69, 9.17) is 0 Å². The van der Waals surface area contributed by atoms with Crippen LogP contribution in [0.15, 0.2) is 0 Å². The molecule has 0 aliphatic heterocycles. The van der Waals surface area contributed by atoms with E-state index in [9.17, 15) is 25.6 Å². The predicted octanol–water partition coefficient (Wildman–Crippen LogP) is 0.294. The van der Waals surface area contributed by atoms with Crippen molar-refractivity contribution >= 4 is 20.2 Å². The van der Waals surface area contributed by atoms with E-state index in [0.717, 1.165) is 0 Å². The van der Waals surface area contributed by atoms with E-state index in [2.05, 4.69) is 3.63 Å². The summed E-state index contributed by atoms with van der Waals surface area (Å²) in [5, 5.41) is 0. The van der Waals surface area contributed by atoms with Gasteiger partial charge < -0.3 is 0 Å². The Kier molecular flexibility index (Phi) is 3.76. The van der Waals surface area contributed by atoms with Crippen LogP contribution >= 0.6 is 0 Å². The van der Waals surface area contributed by atoms with Gasteiger partial charge in [0.2, 0.25) is 11.0 Å². The number of hydrogen-bond acceptors (Lipinski definition) is 5. The Morgan fingerprint density at radius 2 is 1.15 bits per heavy atom. The van der Waals surface area contributed by atoms with E-state index in [1.807, 2.05) is 0 Å². The van der Waals surface area contributed by atoms with Gasteiger partial charge in [-0.15, -0.1) is 3.63 Å². The standard InChI is InChI=1S/C4H8F2O5S2/c1-3(5)12(7,8)11-13(9,10)4(2)6/h3-4H,1-2H3. The molecule has 0 fully saturated rings. The van der Waals surface area contributed by atoms with E-state index in [0.29, 0.717) is 13.8 Å². The van der Waals surface area contributed by atoms with Crippen LogP contribution in [-0.2, 0) is 23.9 Å². The lowest BCUT2D eigenvalue weighted by Gasteiger charge is -2.06. The van der Waals surface area contributed by atoms with Crippen molar-refractivity contribution in [1.82, 2.24) is 0 Å². The highest BCUT2D eigenvalue weighted by molar-refractivity contribution is 8.00. The Balaban J connectivity index is 4.86. The van der Waals surface area contributed by atoms with Gasteiger partial charge in [0.15, 0.2) is 0 Å². The molecule has 0 saturated heterocycles. The van der Waals surface area contributed by atoms with Crippen molar-refractivity contribution in [2.75, 3.05) is 0 Å². The molecular weight excluding hydrogens is 230 g/mol. The van der Waals surface area contributed by atoms with Gasteiger partial charge in [-0.2, -0.15) is 16.8 Å². The van der Waals surface area contributed by atoms with Gasteiger partial charge in [0.25, 0.3) is 0 Å². The Labute approximate surface area is 74.9 Å². The summed E-state index contributed by atoms with van der Waals surface area (Å²) in [4.78, 5) is 0. The van der Waals surface area contributed by atoms with Crippen LogP contribution in [0.5, 0.6) is 0 Å². The molecule has 80 valence electrons. The zero-order valence-corrected chi connectivity index (χ0v) is 8.40. The van der Waals surface area contributed by atoms with Crippen LogP contribution in [0.4, 0.5) is 8.78 Å². The van der Waals surface area contributed by atoms with Crippen molar-refractivity contribution in [3.05, 3.63) is 0 Å². The highest BCUT2D eigenvalue weighted by Crippen LogP contribution is 2.13. The molecule has 0 aromatic heterocycles. The third kappa shape index (κ3) is 3.53. The summed E-state index contributed by atoms with van der Waals surface area (Å²) in [7, 11) is -9.79. The number of alkyl halides is 2. The van der Waals surface area contributed by atoms with Gasteiger partial charge >= 0.3 is 20.2 Å². The van der Waals surface area contributed by atoms with Crippen LogP contribution in [0, 0.1) is 0 Å². The molecule has 0 spiro atoms. The summed E-state index contributed by atoms with van der Waals surface area (Å²) >= 11 is 0. The molecule has 2 unspecified atom stereocenters. The minimum atomic E-state index is -4.90.